The molecule has 1 unspecified atom stereocenters. The van der Waals surface area contributed by atoms with E-state index < -0.39 is 0 Å². The van der Waals surface area contributed by atoms with E-state index in [4.69, 9.17) is 0 Å². The quantitative estimate of drug-likeness (QED) is 0.820. The maximum absolute atomic E-state index is 12.4. The molecule has 104 valence electrons. The number of para-hydroxylation sites is 1. The molecule has 2 rings (SSSR count). The molecule has 2 amide bonds. The van der Waals surface area contributed by atoms with Crippen molar-refractivity contribution in [1.82, 2.24) is 4.90 Å². The SMILES string of the molecule is CCCC(CS)CN1C(=O)N(C)Cc2ccccc21. The lowest BCUT2D eigenvalue weighted by molar-refractivity contribution is 0.209. The van der Waals surface area contributed by atoms with Gasteiger partial charge in [-0.1, -0.05) is 31.5 Å². The molecule has 0 bridgehead atoms. The Kier molecular flexibility index (Phi) is 4.75. The molecule has 1 aromatic rings. The van der Waals surface area contributed by atoms with E-state index in [1.54, 1.807) is 4.90 Å². The van der Waals surface area contributed by atoms with Crippen LogP contribution in [0.15, 0.2) is 24.3 Å². The fourth-order valence-electron chi connectivity index (χ4n) is 2.62. The van der Waals surface area contributed by atoms with Crippen LogP contribution in [0, 0.1) is 5.92 Å². The van der Waals surface area contributed by atoms with E-state index in [0.29, 0.717) is 12.5 Å². The van der Waals surface area contributed by atoms with Crippen LogP contribution < -0.4 is 4.90 Å². The van der Waals surface area contributed by atoms with Crippen LogP contribution in [0.5, 0.6) is 0 Å². The van der Waals surface area contributed by atoms with Gasteiger partial charge in [0.2, 0.25) is 0 Å². The smallest absolute Gasteiger partial charge is 0.323 e. The van der Waals surface area contributed by atoms with Crippen LogP contribution in [0.2, 0.25) is 0 Å². The summed E-state index contributed by atoms with van der Waals surface area (Å²) in [5, 5.41) is 0. The summed E-state index contributed by atoms with van der Waals surface area (Å²) < 4.78 is 0. The Labute approximate surface area is 121 Å². The molecule has 0 fully saturated rings. The molecular weight excluding hydrogens is 256 g/mol. The van der Waals surface area contributed by atoms with E-state index in [1.807, 2.05) is 30.1 Å². The number of carbonyl (C=O) groups is 1. The van der Waals surface area contributed by atoms with Gasteiger partial charge in [0, 0.05) is 20.1 Å². The van der Waals surface area contributed by atoms with Gasteiger partial charge in [0.15, 0.2) is 0 Å². The number of fused-ring (bicyclic) bond motifs is 1. The van der Waals surface area contributed by atoms with Crippen LogP contribution in [-0.4, -0.2) is 30.3 Å². The molecule has 0 aromatic heterocycles. The minimum atomic E-state index is 0.0987. The molecule has 4 heteroatoms. The second kappa shape index (κ2) is 6.33. The second-order valence-electron chi connectivity index (χ2n) is 5.22. The maximum atomic E-state index is 12.4. The largest absolute Gasteiger partial charge is 0.324 e. The molecule has 0 saturated carbocycles. The minimum absolute atomic E-state index is 0.0987. The van der Waals surface area contributed by atoms with Gasteiger partial charge < -0.3 is 4.90 Å². The van der Waals surface area contributed by atoms with Crippen molar-refractivity contribution < 1.29 is 4.79 Å². The number of urea groups is 1. The Morgan fingerprint density at radius 3 is 2.79 bits per heavy atom. The molecule has 1 aliphatic heterocycles. The van der Waals surface area contributed by atoms with Crippen molar-refractivity contribution in [3.8, 4) is 0 Å². The lowest BCUT2D eigenvalue weighted by Crippen LogP contribution is -2.47. The van der Waals surface area contributed by atoms with Gasteiger partial charge in [-0.25, -0.2) is 4.79 Å². The number of hydrogen-bond donors (Lipinski definition) is 1. The van der Waals surface area contributed by atoms with E-state index in [0.717, 1.165) is 30.8 Å². The number of thiol groups is 1. The maximum Gasteiger partial charge on any atom is 0.324 e. The number of anilines is 1. The van der Waals surface area contributed by atoms with Gasteiger partial charge in [0.1, 0.15) is 0 Å². The molecule has 0 radical (unpaired) electrons. The third kappa shape index (κ3) is 3.06. The van der Waals surface area contributed by atoms with E-state index in [9.17, 15) is 4.79 Å². The predicted octanol–water partition coefficient (Wildman–Crippen LogP) is 3.40. The molecule has 19 heavy (non-hydrogen) atoms. The molecule has 3 nitrogen and oxygen atoms in total. The molecular formula is C15H22N2OS. The molecule has 0 N–H and O–H groups in total. The third-order valence-electron chi connectivity index (χ3n) is 3.64. The molecule has 0 aliphatic carbocycles. The first-order valence-electron chi connectivity index (χ1n) is 6.88. The Morgan fingerprint density at radius 2 is 2.11 bits per heavy atom. The van der Waals surface area contributed by atoms with Gasteiger partial charge in [-0.05, 0) is 29.7 Å². The first kappa shape index (κ1) is 14.3. The summed E-state index contributed by atoms with van der Waals surface area (Å²) >= 11 is 4.42. The number of benzene rings is 1. The van der Waals surface area contributed by atoms with Gasteiger partial charge in [-0.3, -0.25) is 4.90 Å². The van der Waals surface area contributed by atoms with E-state index in [1.165, 1.54) is 5.56 Å². The van der Waals surface area contributed by atoms with Gasteiger partial charge >= 0.3 is 6.03 Å². The number of hydrogen-bond acceptors (Lipinski definition) is 2. The molecule has 0 spiro atoms. The summed E-state index contributed by atoms with van der Waals surface area (Å²) in [7, 11) is 1.86. The van der Waals surface area contributed by atoms with Crippen molar-refractivity contribution in [2.24, 2.45) is 5.92 Å². The molecule has 1 aromatic carbocycles. The van der Waals surface area contributed by atoms with Gasteiger partial charge in [-0.2, -0.15) is 12.6 Å². The van der Waals surface area contributed by atoms with Crippen molar-refractivity contribution >= 4 is 24.3 Å². The van der Waals surface area contributed by atoms with Gasteiger partial charge in [-0.15, -0.1) is 0 Å². The summed E-state index contributed by atoms with van der Waals surface area (Å²) in [6.07, 6.45) is 2.24. The summed E-state index contributed by atoms with van der Waals surface area (Å²) in [6, 6.07) is 8.27. The topological polar surface area (TPSA) is 23.6 Å². The van der Waals surface area contributed by atoms with Crippen molar-refractivity contribution in [1.29, 1.82) is 0 Å². The summed E-state index contributed by atoms with van der Waals surface area (Å²) in [5.41, 5.74) is 2.28. The Balaban J connectivity index is 2.24. The highest BCUT2D eigenvalue weighted by Crippen LogP contribution is 2.29. The van der Waals surface area contributed by atoms with Crippen molar-refractivity contribution in [3.05, 3.63) is 29.8 Å². The van der Waals surface area contributed by atoms with E-state index >= 15 is 0 Å². The van der Waals surface area contributed by atoms with Gasteiger partial charge in [0.05, 0.1) is 5.69 Å². The average Bonchev–Trinajstić information content (AvgIpc) is 2.42. The summed E-state index contributed by atoms with van der Waals surface area (Å²) in [5.74, 6) is 1.28. The number of rotatable bonds is 5. The molecule has 1 aliphatic rings. The Hall–Kier alpha value is -1.16. The molecule has 0 saturated heterocycles. The molecule has 1 heterocycles. The zero-order valence-corrected chi connectivity index (χ0v) is 12.6. The van der Waals surface area contributed by atoms with Crippen molar-refractivity contribution in [2.75, 3.05) is 24.2 Å². The minimum Gasteiger partial charge on any atom is -0.323 e. The molecule has 1 atom stereocenters. The van der Waals surface area contributed by atoms with Crippen molar-refractivity contribution in [2.45, 2.75) is 26.3 Å². The number of nitrogens with zero attached hydrogens (tertiary/aromatic N) is 2. The van der Waals surface area contributed by atoms with Crippen molar-refractivity contribution in [3.63, 3.8) is 0 Å². The number of carbonyl (C=O) groups excluding carboxylic acids is 1. The Bertz CT molecular complexity index is 450. The summed E-state index contributed by atoms with van der Waals surface area (Å²) in [6.45, 7) is 3.64. The van der Waals surface area contributed by atoms with Crippen LogP contribution in [0.4, 0.5) is 10.5 Å². The predicted molar refractivity (Wildman–Crippen MR) is 82.9 cm³/mol. The zero-order chi connectivity index (χ0) is 13.8. The van der Waals surface area contributed by atoms with E-state index in [-0.39, 0.29) is 6.03 Å². The zero-order valence-electron chi connectivity index (χ0n) is 11.7. The Morgan fingerprint density at radius 1 is 1.37 bits per heavy atom. The third-order valence-corrected chi connectivity index (χ3v) is 4.16. The average molecular weight is 278 g/mol. The highest BCUT2D eigenvalue weighted by atomic mass is 32.1. The first-order valence-corrected chi connectivity index (χ1v) is 7.52. The fraction of sp³-hybridized carbons (Fsp3) is 0.533. The van der Waals surface area contributed by atoms with Crippen LogP contribution >= 0.6 is 12.6 Å². The van der Waals surface area contributed by atoms with Crippen LogP contribution in [0.3, 0.4) is 0 Å². The first-order chi connectivity index (χ1) is 9.17. The lowest BCUT2D eigenvalue weighted by atomic mass is 10.0. The lowest BCUT2D eigenvalue weighted by Gasteiger charge is -2.36. The van der Waals surface area contributed by atoms with Crippen LogP contribution in [0.25, 0.3) is 0 Å². The van der Waals surface area contributed by atoms with Gasteiger partial charge in [0.25, 0.3) is 0 Å². The standard InChI is InChI=1S/C15H22N2OS/c1-3-6-12(11-19)9-17-14-8-5-4-7-13(14)10-16(2)15(17)18/h4-5,7-8,12,19H,3,6,9-11H2,1-2H3. The number of amides is 2. The summed E-state index contributed by atoms with van der Waals surface area (Å²) in [4.78, 5) is 16.1. The monoisotopic (exact) mass is 278 g/mol. The normalized spacial score (nSPS) is 16.5. The fourth-order valence-corrected chi connectivity index (χ4v) is 2.92. The highest BCUT2D eigenvalue weighted by molar-refractivity contribution is 7.80. The highest BCUT2D eigenvalue weighted by Gasteiger charge is 2.28. The van der Waals surface area contributed by atoms with E-state index in [2.05, 4.69) is 25.6 Å². The van der Waals surface area contributed by atoms with Crippen LogP contribution in [-0.2, 0) is 6.54 Å². The van der Waals surface area contributed by atoms with Crippen LogP contribution in [0.1, 0.15) is 25.3 Å². The second-order valence-corrected chi connectivity index (χ2v) is 5.58.